The number of anilines is 1. The van der Waals surface area contributed by atoms with Crippen molar-refractivity contribution < 1.29 is 9.47 Å². The average molecular weight is 428 g/mol. The van der Waals surface area contributed by atoms with Crippen molar-refractivity contribution in [2.75, 3.05) is 44.4 Å². The number of aryl methyl sites for hydroxylation is 1. The van der Waals surface area contributed by atoms with E-state index in [0.717, 1.165) is 63.4 Å². The highest BCUT2D eigenvalue weighted by Crippen LogP contribution is 2.24. The second kappa shape index (κ2) is 8.76. The number of aromatic nitrogens is 3. The van der Waals surface area contributed by atoms with E-state index in [0.29, 0.717) is 31.8 Å². The molecule has 0 aromatic carbocycles. The highest BCUT2D eigenvalue weighted by atomic mass is 16.5. The van der Waals surface area contributed by atoms with E-state index >= 15 is 0 Å². The van der Waals surface area contributed by atoms with Crippen LogP contribution in [-0.2, 0) is 35.5 Å². The minimum atomic E-state index is 0.0147. The molecular weight excluding hydrogens is 394 g/mol. The van der Waals surface area contributed by atoms with Crippen LogP contribution in [0.2, 0.25) is 0 Å². The molecule has 2 fully saturated rings. The maximum atomic E-state index is 12.7. The monoisotopic (exact) mass is 427 g/mol. The Morgan fingerprint density at radius 1 is 1.19 bits per heavy atom. The summed E-state index contributed by atoms with van der Waals surface area (Å²) in [5.41, 5.74) is 5.76. The third-order valence-electron chi connectivity index (χ3n) is 6.93. The van der Waals surface area contributed by atoms with Gasteiger partial charge in [0.25, 0.3) is 5.56 Å². The summed E-state index contributed by atoms with van der Waals surface area (Å²) < 4.78 is 13.7. The molecule has 3 aliphatic heterocycles. The normalized spacial score (nSPS) is 22.1. The van der Waals surface area contributed by atoms with Crippen molar-refractivity contribution in [3.05, 3.63) is 44.6 Å². The lowest BCUT2D eigenvalue weighted by Gasteiger charge is -2.30. The first-order valence-corrected chi connectivity index (χ1v) is 11.5. The van der Waals surface area contributed by atoms with Crippen molar-refractivity contribution in [2.45, 2.75) is 58.8 Å². The predicted octanol–water partition coefficient (Wildman–Crippen LogP) is 1.76. The average Bonchev–Trinajstić information content (AvgIpc) is 3.38. The molecule has 2 aromatic rings. The van der Waals surface area contributed by atoms with Gasteiger partial charge in [-0.1, -0.05) is 0 Å². The van der Waals surface area contributed by atoms with Crippen LogP contribution in [0.4, 0.5) is 5.95 Å². The van der Waals surface area contributed by atoms with Crippen molar-refractivity contribution in [1.29, 1.82) is 0 Å². The van der Waals surface area contributed by atoms with Gasteiger partial charge in [-0.2, -0.15) is 0 Å². The van der Waals surface area contributed by atoms with Crippen LogP contribution in [0.3, 0.4) is 0 Å². The number of H-pyrrole nitrogens is 1. The summed E-state index contributed by atoms with van der Waals surface area (Å²) in [6.45, 7) is 11.6. The van der Waals surface area contributed by atoms with E-state index in [1.54, 1.807) is 0 Å². The number of hydrogen-bond acceptors (Lipinski definition) is 6. The first-order chi connectivity index (χ1) is 15.1. The third kappa shape index (κ3) is 4.29. The van der Waals surface area contributed by atoms with Gasteiger partial charge in [0.05, 0.1) is 25.0 Å². The molecule has 5 heterocycles. The predicted molar refractivity (Wildman–Crippen MR) is 119 cm³/mol. The summed E-state index contributed by atoms with van der Waals surface area (Å²) in [5.74, 6) is 0.684. The summed E-state index contributed by atoms with van der Waals surface area (Å²) in [6, 6.07) is 2.31. The zero-order chi connectivity index (χ0) is 21.4. The number of nitrogens with one attached hydrogen (secondary N) is 1. The standard InChI is InChI=1S/C23H33N5O3/c1-16-12-18(17(2)28(16)14-19-4-3-9-31-19)13-26-6-5-20-21(15-26)24-23(25-22(20)29)27-7-10-30-11-8-27/h12,19H,3-11,13-15H2,1-2H3,(H,24,25,29). The molecule has 31 heavy (non-hydrogen) atoms. The van der Waals surface area contributed by atoms with Gasteiger partial charge in [-0.05, 0) is 44.7 Å². The largest absolute Gasteiger partial charge is 0.378 e. The Labute approximate surface area is 183 Å². The van der Waals surface area contributed by atoms with E-state index in [1.807, 2.05) is 0 Å². The zero-order valence-electron chi connectivity index (χ0n) is 18.7. The van der Waals surface area contributed by atoms with E-state index in [4.69, 9.17) is 14.5 Å². The molecule has 1 N–H and O–H groups in total. The van der Waals surface area contributed by atoms with Gasteiger partial charge < -0.3 is 18.9 Å². The number of hydrogen-bond donors (Lipinski definition) is 1. The van der Waals surface area contributed by atoms with Crippen LogP contribution in [0, 0.1) is 13.8 Å². The molecule has 8 heteroatoms. The zero-order valence-corrected chi connectivity index (χ0v) is 18.7. The summed E-state index contributed by atoms with van der Waals surface area (Å²) in [6.07, 6.45) is 3.41. The molecule has 168 valence electrons. The van der Waals surface area contributed by atoms with Crippen LogP contribution in [-0.4, -0.2) is 65.0 Å². The first kappa shape index (κ1) is 20.7. The molecule has 0 radical (unpaired) electrons. The molecule has 0 saturated carbocycles. The van der Waals surface area contributed by atoms with Gasteiger partial charge in [0.2, 0.25) is 5.95 Å². The Hall–Kier alpha value is -2.16. The van der Waals surface area contributed by atoms with Crippen LogP contribution in [0.15, 0.2) is 10.9 Å². The van der Waals surface area contributed by atoms with Gasteiger partial charge in [-0.15, -0.1) is 0 Å². The topological polar surface area (TPSA) is 75.6 Å². The van der Waals surface area contributed by atoms with Crippen molar-refractivity contribution in [3.63, 3.8) is 0 Å². The molecule has 0 spiro atoms. The van der Waals surface area contributed by atoms with Gasteiger partial charge in [0, 0.05) is 62.8 Å². The van der Waals surface area contributed by atoms with E-state index in [9.17, 15) is 4.79 Å². The number of rotatable bonds is 5. The lowest BCUT2D eigenvalue weighted by molar-refractivity contribution is 0.0961. The van der Waals surface area contributed by atoms with Crippen molar-refractivity contribution in [1.82, 2.24) is 19.4 Å². The highest BCUT2D eigenvalue weighted by molar-refractivity contribution is 5.35. The fourth-order valence-electron chi connectivity index (χ4n) is 5.09. The smallest absolute Gasteiger partial charge is 0.255 e. The minimum absolute atomic E-state index is 0.0147. The van der Waals surface area contributed by atoms with E-state index in [2.05, 4.69) is 39.3 Å². The molecule has 0 bridgehead atoms. The maximum Gasteiger partial charge on any atom is 0.255 e. The molecule has 2 aromatic heterocycles. The number of fused-ring (bicyclic) bond motifs is 1. The second-order valence-electron chi connectivity index (χ2n) is 9.02. The quantitative estimate of drug-likeness (QED) is 0.784. The van der Waals surface area contributed by atoms with E-state index < -0.39 is 0 Å². The first-order valence-electron chi connectivity index (χ1n) is 11.5. The molecule has 3 aliphatic rings. The van der Waals surface area contributed by atoms with Crippen LogP contribution >= 0.6 is 0 Å². The minimum Gasteiger partial charge on any atom is -0.378 e. The molecule has 1 atom stereocenters. The van der Waals surface area contributed by atoms with E-state index in [1.165, 1.54) is 23.4 Å². The molecule has 0 aliphatic carbocycles. The Balaban J connectivity index is 1.31. The van der Waals surface area contributed by atoms with Gasteiger partial charge in [-0.3, -0.25) is 14.7 Å². The Bertz CT molecular complexity index is 986. The van der Waals surface area contributed by atoms with Gasteiger partial charge in [-0.25, -0.2) is 4.98 Å². The maximum absolute atomic E-state index is 12.7. The van der Waals surface area contributed by atoms with Gasteiger partial charge in [0.15, 0.2) is 0 Å². The SMILES string of the molecule is Cc1cc(CN2CCc3c(nc(N4CCOCC4)[nH]c3=O)C2)c(C)n1CC1CCCO1. The number of nitrogens with zero attached hydrogens (tertiary/aromatic N) is 4. The van der Waals surface area contributed by atoms with Gasteiger partial charge >= 0.3 is 0 Å². The summed E-state index contributed by atoms with van der Waals surface area (Å²) in [7, 11) is 0. The summed E-state index contributed by atoms with van der Waals surface area (Å²) in [4.78, 5) is 25.0. The molecule has 1 unspecified atom stereocenters. The molecule has 0 amide bonds. The lowest BCUT2D eigenvalue weighted by atomic mass is 10.1. The fraction of sp³-hybridized carbons (Fsp3) is 0.652. The number of ether oxygens (including phenoxy) is 2. The molecule has 8 nitrogen and oxygen atoms in total. The van der Waals surface area contributed by atoms with Crippen molar-refractivity contribution in [2.24, 2.45) is 0 Å². The molecule has 5 rings (SSSR count). The highest BCUT2D eigenvalue weighted by Gasteiger charge is 2.25. The van der Waals surface area contributed by atoms with Crippen molar-refractivity contribution in [3.8, 4) is 0 Å². The Morgan fingerprint density at radius 2 is 2.03 bits per heavy atom. The van der Waals surface area contributed by atoms with Crippen LogP contribution in [0.1, 0.15) is 41.1 Å². The van der Waals surface area contributed by atoms with Gasteiger partial charge in [0.1, 0.15) is 0 Å². The van der Waals surface area contributed by atoms with Crippen molar-refractivity contribution >= 4 is 5.95 Å². The lowest BCUT2D eigenvalue weighted by Crippen LogP contribution is -2.40. The Kier molecular flexibility index (Phi) is 5.86. The number of morpholine rings is 1. The van der Waals surface area contributed by atoms with Crippen LogP contribution < -0.4 is 10.5 Å². The van der Waals surface area contributed by atoms with Crippen LogP contribution in [0.25, 0.3) is 0 Å². The summed E-state index contributed by atoms with van der Waals surface area (Å²) in [5, 5.41) is 0. The molecular formula is C23H33N5O3. The number of aromatic amines is 1. The van der Waals surface area contributed by atoms with E-state index in [-0.39, 0.29) is 5.56 Å². The third-order valence-corrected chi connectivity index (χ3v) is 6.93. The second-order valence-corrected chi connectivity index (χ2v) is 9.02. The van der Waals surface area contributed by atoms with Crippen LogP contribution in [0.5, 0.6) is 0 Å². The summed E-state index contributed by atoms with van der Waals surface area (Å²) >= 11 is 0. The fourth-order valence-corrected chi connectivity index (χ4v) is 5.09. The molecule has 2 saturated heterocycles. The Morgan fingerprint density at radius 3 is 2.81 bits per heavy atom.